The Bertz CT molecular complexity index is 1110. The number of hydrogen-bond donors (Lipinski definition) is 0. The summed E-state index contributed by atoms with van der Waals surface area (Å²) >= 11 is 0. The van der Waals surface area contributed by atoms with Gasteiger partial charge in [0, 0.05) is 16.7 Å². The second-order valence-electron chi connectivity index (χ2n) is 7.02. The molecule has 0 saturated carbocycles. The average Bonchev–Trinajstić information content (AvgIpc) is 2.81. The SMILES string of the molecule is Cc1c(F)c(F)c(N(c2c(F)c(F)c(C)c(F)c2F)c2c(F)c(F)c(C)c(F)c2F)c(F)c1F. The van der Waals surface area contributed by atoms with Crippen molar-refractivity contribution in [2.75, 3.05) is 4.90 Å². The first-order chi connectivity index (χ1) is 15.7. The Kier molecular flexibility index (Phi) is 6.27. The molecule has 0 heterocycles. The highest BCUT2D eigenvalue weighted by Crippen LogP contribution is 2.47. The van der Waals surface area contributed by atoms with Crippen LogP contribution < -0.4 is 4.90 Å². The Morgan fingerprint density at radius 3 is 0.588 bits per heavy atom. The fourth-order valence-electron chi connectivity index (χ4n) is 3.11. The molecule has 0 aliphatic rings. The summed E-state index contributed by atoms with van der Waals surface area (Å²) in [5.41, 5.74) is -11.1. The molecule has 34 heavy (non-hydrogen) atoms. The van der Waals surface area contributed by atoms with Gasteiger partial charge in [0.2, 0.25) is 0 Å². The Morgan fingerprint density at radius 1 is 0.294 bits per heavy atom. The van der Waals surface area contributed by atoms with E-state index < -0.39 is 108 Å². The van der Waals surface area contributed by atoms with Crippen molar-refractivity contribution in [3.63, 3.8) is 0 Å². The van der Waals surface area contributed by atoms with Crippen molar-refractivity contribution in [2.24, 2.45) is 0 Å². The maximum atomic E-state index is 14.7. The van der Waals surface area contributed by atoms with E-state index in [2.05, 4.69) is 0 Å². The third-order valence-corrected chi connectivity index (χ3v) is 5.05. The molecule has 13 heteroatoms. The normalized spacial score (nSPS) is 11.4. The molecule has 0 radical (unpaired) electrons. The highest BCUT2D eigenvalue weighted by atomic mass is 19.2. The summed E-state index contributed by atoms with van der Waals surface area (Å²) in [5.74, 6) is -28.8. The van der Waals surface area contributed by atoms with E-state index in [0.29, 0.717) is 20.8 Å². The van der Waals surface area contributed by atoms with Crippen molar-refractivity contribution in [2.45, 2.75) is 20.8 Å². The minimum atomic E-state index is -2.56. The summed E-state index contributed by atoms with van der Waals surface area (Å²) in [6.45, 7) is 1.51. The molecule has 0 aromatic heterocycles. The number of anilines is 3. The predicted molar refractivity (Wildman–Crippen MR) is 94.8 cm³/mol. The minimum absolute atomic E-state index is 0.504. The van der Waals surface area contributed by atoms with Gasteiger partial charge in [-0.25, -0.2) is 52.7 Å². The van der Waals surface area contributed by atoms with Crippen molar-refractivity contribution >= 4 is 17.1 Å². The molecule has 0 bridgehead atoms. The summed E-state index contributed by atoms with van der Waals surface area (Å²) < 4.78 is 173. The fourth-order valence-corrected chi connectivity index (χ4v) is 3.11. The summed E-state index contributed by atoms with van der Waals surface area (Å²) in [7, 11) is 0. The van der Waals surface area contributed by atoms with Gasteiger partial charge in [0.05, 0.1) is 0 Å². The van der Waals surface area contributed by atoms with Crippen molar-refractivity contribution in [1.82, 2.24) is 0 Å². The van der Waals surface area contributed by atoms with Crippen LogP contribution in [0, 0.1) is 90.6 Å². The van der Waals surface area contributed by atoms with E-state index in [0.717, 1.165) is 0 Å². The second kappa shape index (κ2) is 8.44. The second-order valence-corrected chi connectivity index (χ2v) is 7.02. The van der Waals surface area contributed by atoms with Crippen LogP contribution >= 0.6 is 0 Å². The van der Waals surface area contributed by atoms with Gasteiger partial charge in [0.15, 0.2) is 69.8 Å². The van der Waals surface area contributed by atoms with Crippen LogP contribution in [0.15, 0.2) is 0 Å². The van der Waals surface area contributed by atoms with Crippen molar-refractivity contribution in [3.8, 4) is 0 Å². The molecule has 0 fully saturated rings. The molecule has 0 amide bonds. The third-order valence-electron chi connectivity index (χ3n) is 5.05. The van der Waals surface area contributed by atoms with Gasteiger partial charge in [-0.2, -0.15) is 0 Å². The molecule has 3 aromatic rings. The quantitative estimate of drug-likeness (QED) is 0.261. The summed E-state index contributed by atoms with van der Waals surface area (Å²) in [6.07, 6.45) is 0. The zero-order valence-corrected chi connectivity index (χ0v) is 17.0. The molecule has 0 atom stereocenters. The molecule has 0 N–H and O–H groups in total. The maximum absolute atomic E-state index is 14.7. The maximum Gasteiger partial charge on any atom is 0.186 e. The lowest BCUT2D eigenvalue weighted by atomic mass is 10.1. The van der Waals surface area contributed by atoms with Crippen LogP contribution in [0.3, 0.4) is 0 Å². The van der Waals surface area contributed by atoms with Crippen LogP contribution in [0.2, 0.25) is 0 Å². The Balaban J connectivity index is 2.68. The molecular formula is C21H9F12N. The Hall–Kier alpha value is -3.38. The predicted octanol–water partition coefficient (Wildman–Crippen LogP) is 7.75. The highest BCUT2D eigenvalue weighted by Gasteiger charge is 2.39. The smallest absolute Gasteiger partial charge is 0.186 e. The van der Waals surface area contributed by atoms with E-state index in [4.69, 9.17) is 0 Å². The lowest BCUT2D eigenvalue weighted by Gasteiger charge is -2.29. The molecule has 0 aliphatic heterocycles. The van der Waals surface area contributed by atoms with Crippen molar-refractivity contribution < 1.29 is 52.7 Å². The largest absolute Gasteiger partial charge is 0.294 e. The number of benzene rings is 3. The molecule has 3 rings (SSSR count). The van der Waals surface area contributed by atoms with Gasteiger partial charge < -0.3 is 0 Å². The molecule has 0 unspecified atom stereocenters. The van der Waals surface area contributed by atoms with E-state index in [9.17, 15) is 52.7 Å². The zero-order valence-electron chi connectivity index (χ0n) is 17.0. The van der Waals surface area contributed by atoms with Gasteiger partial charge in [-0.05, 0) is 20.8 Å². The van der Waals surface area contributed by atoms with Gasteiger partial charge in [-0.3, -0.25) is 4.90 Å². The van der Waals surface area contributed by atoms with E-state index in [-0.39, 0.29) is 0 Å². The topological polar surface area (TPSA) is 3.24 Å². The van der Waals surface area contributed by atoms with Gasteiger partial charge in [-0.15, -0.1) is 0 Å². The first-order valence-electron chi connectivity index (χ1n) is 8.94. The van der Waals surface area contributed by atoms with E-state index in [1.54, 1.807) is 0 Å². The number of halogens is 12. The fraction of sp³-hybridized carbons (Fsp3) is 0.143. The van der Waals surface area contributed by atoms with E-state index in [1.807, 2.05) is 0 Å². The van der Waals surface area contributed by atoms with Crippen molar-refractivity contribution in [3.05, 3.63) is 86.5 Å². The van der Waals surface area contributed by atoms with Gasteiger partial charge in [0.1, 0.15) is 17.1 Å². The lowest BCUT2D eigenvalue weighted by molar-refractivity contribution is 0.430. The number of rotatable bonds is 3. The van der Waals surface area contributed by atoms with Gasteiger partial charge in [0.25, 0.3) is 0 Å². The Labute approximate surface area is 182 Å². The first kappa shape index (κ1) is 25.2. The molecule has 0 saturated heterocycles. The third kappa shape index (κ3) is 3.36. The van der Waals surface area contributed by atoms with Crippen LogP contribution in [0.4, 0.5) is 69.7 Å². The molecular weight excluding hydrogens is 494 g/mol. The van der Waals surface area contributed by atoms with E-state index >= 15 is 0 Å². The van der Waals surface area contributed by atoms with Crippen LogP contribution in [0.25, 0.3) is 0 Å². The summed E-state index contributed by atoms with van der Waals surface area (Å²) in [6, 6.07) is 0. The lowest BCUT2D eigenvalue weighted by Crippen LogP contribution is -2.24. The summed E-state index contributed by atoms with van der Waals surface area (Å²) in [5, 5.41) is 0. The Morgan fingerprint density at radius 2 is 0.441 bits per heavy atom. The van der Waals surface area contributed by atoms with Crippen LogP contribution in [0.5, 0.6) is 0 Å². The monoisotopic (exact) mass is 503 g/mol. The summed E-state index contributed by atoms with van der Waals surface area (Å²) in [4.78, 5) is -1.05. The van der Waals surface area contributed by atoms with Gasteiger partial charge in [-0.1, -0.05) is 0 Å². The number of nitrogens with zero attached hydrogens (tertiary/aromatic N) is 1. The molecule has 3 aromatic carbocycles. The standard InChI is InChI=1S/C21H9F12N/c1-4-7(22)13(28)19(14(29)8(4)23)34(20-15(30)9(24)5(2)10(25)16(20)31)21-17(32)11(26)6(3)12(27)18(21)33/h1-3H3. The molecule has 0 aliphatic carbocycles. The van der Waals surface area contributed by atoms with E-state index in [1.165, 1.54) is 0 Å². The first-order valence-corrected chi connectivity index (χ1v) is 8.94. The average molecular weight is 503 g/mol. The van der Waals surface area contributed by atoms with Crippen LogP contribution in [-0.4, -0.2) is 0 Å². The van der Waals surface area contributed by atoms with Crippen LogP contribution in [-0.2, 0) is 0 Å². The van der Waals surface area contributed by atoms with Crippen molar-refractivity contribution in [1.29, 1.82) is 0 Å². The van der Waals surface area contributed by atoms with Gasteiger partial charge >= 0.3 is 0 Å². The molecule has 1 nitrogen and oxygen atoms in total. The minimum Gasteiger partial charge on any atom is -0.294 e. The highest BCUT2D eigenvalue weighted by molar-refractivity contribution is 5.79. The molecule has 182 valence electrons. The van der Waals surface area contributed by atoms with Crippen LogP contribution in [0.1, 0.15) is 16.7 Å². The zero-order chi connectivity index (χ0) is 26.0. The number of hydrogen-bond acceptors (Lipinski definition) is 1. The molecule has 0 spiro atoms.